The second-order valence-corrected chi connectivity index (χ2v) is 4.07. The van der Waals surface area contributed by atoms with Crippen molar-refractivity contribution in [2.24, 2.45) is 0 Å². The molecule has 0 bridgehead atoms. The Morgan fingerprint density at radius 2 is 2.07 bits per heavy atom. The van der Waals surface area contributed by atoms with Gasteiger partial charge in [0.15, 0.2) is 0 Å². The zero-order valence-electron chi connectivity index (χ0n) is 9.64. The van der Waals surface area contributed by atoms with E-state index in [4.69, 9.17) is 4.74 Å². The summed E-state index contributed by atoms with van der Waals surface area (Å²) in [5.41, 5.74) is 0. The van der Waals surface area contributed by atoms with Crippen LogP contribution in [0.5, 0.6) is 0 Å². The van der Waals surface area contributed by atoms with Gasteiger partial charge in [0.2, 0.25) is 0 Å². The van der Waals surface area contributed by atoms with Crippen molar-refractivity contribution in [3.63, 3.8) is 0 Å². The van der Waals surface area contributed by atoms with Gasteiger partial charge in [-0.15, -0.1) is 0 Å². The molecule has 1 atom stereocenters. The summed E-state index contributed by atoms with van der Waals surface area (Å²) < 4.78 is 5.74. The van der Waals surface area contributed by atoms with Crippen LogP contribution < -0.4 is 5.32 Å². The smallest absolute Gasteiger partial charge is 0.114 e. The van der Waals surface area contributed by atoms with Crippen molar-refractivity contribution in [3.8, 4) is 0 Å². The zero-order valence-corrected chi connectivity index (χ0v) is 9.64. The van der Waals surface area contributed by atoms with Gasteiger partial charge >= 0.3 is 0 Å². The quantitative estimate of drug-likeness (QED) is 0.708. The molecule has 1 aliphatic heterocycles. The van der Waals surface area contributed by atoms with Crippen LogP contribution in [0.15, 0.2) is 0 Å². The Kier molecular flexibility index (Phi) is 6.20. The molecule has 83 valence electrons. The first-order valence-electron chi connectivity index (χ1n) is 6.10. The van der Waals surface area contributed by atoms with E-state index >= 15 is 0 Å². The van der Waals surface area contributed by atoms with E-state index in [-0.39, 0.29) is 0 Å². The topological polar surface area (TPSA) is 21.3 Å². The molecule has 1 unspecified atom stereocenters. The predicted octanol–water partition coefficient (Wildman–Crippen LogP) is 2.89. The average Bonchev–Trinajstić information content (AvgIpc) is 2.24. The average molecular weight is 198 g/mol. The van der Waals surface area contributed by atoms with E-state index in [1.54, 1.807) is 0 Å². The lowest BCUT2D eigenvalue weighted by Gasteiger charge is -2.32. The standard InChI is InChI=1S/C12H24NO/c1-3-5-7-11-12(8-6-4-2)14-10-9-13-11/h11,13H,3-10H2,1-2H3. The first-order chi connectivity index (χ1) is 6.88. The second kappa shape index (κ2) is 7.24. The SMILES string of the molecule is CCCC[C]1OCCNC1CCCC. The van der Waals surface area contributed by atoms with Gasteiger partial charge in [-0.25, -0.2) is 0 Å². The molecule has 0 spiro atoms. The van der Waals surface area contributed by atoms with E-state index in [9.17, 15) is 0 Å². The fourth-order valence-corrected chi connectivity index (χ4v) is 1.90. The Balaban J connectivity index is 2.26. The minimum absolute atomic E-state index is 0.537. The summed E-state index contributed by atoms with van der Waals surface area (Å²) in [5, 5.41) is 3.55. The predicted molar refractivity (Wildman–Crippen MR) is 60.0 cm³/mol. The third-order valence-electron chi connectivity index (χ3n) is 2.79. The van der Waals surface area contributed by atoms with Gasteiger partial charge < -0.3 is 10.1 Å². The summed E-state index contributed by atoms with van der Waals surface area (Å²) in [6.45, 7) is 6.36. The van der Waals surface area contributed by atoms with Crippen molar-refractivity contribution in [2.45, 2.75) is 58.4 Å². The molecule has 1 rings (SSSR count). The van der Waals surface area contributed by atoms with E-state index in [0.29, 0.717) is 6.04 Å². The van der Waals surface area contributed by atoms with E-state index in [0.717, 1.165) is 19.6 Å². The molecule has 14 heavy (non-hydrogen) atoms. The highest BCUT2D eigenvalue weighted by molar-refractivity contribution is 4.95. The Bertz CT molecular complexity index is 122. The summed E-state index contributed by atoms with van der Waals surface area (Å²) in [4.78, 5) is 0. The molecule has 1 radical (unpaired) electrons. The summed E-state index contributed by atoms with van der Waals surface area (Å²) in [7, 11) is 0. The molecule has 0 aliphatic carbocycles. The Hall–Kier alpha value is -0.0800. The Morgan fingerprint density at radius 1 is 1.29 bits per heavy atom. The van der Waals surface area contributed by atoms with Gasteiger partial charge in [-0.1, -0.05) is 39.5 Å². The molecule has 1 saturated heterocycles. The molecule has 1 fully saturated rings. The van der Waals surface area contributed by atoms with Gasteiger partial charge in [-0.3, -0.25) is 0 Å². The first-order valence-corrected chi connectivity index (χ1v) is 6.10. The Labute approximate surface area is 88.4 Å². The third-order valence-corrected chi connectivity index (χ3v) is 2.79. The van der Waals surface area contributed by atoms with Gasteiger partial charge in [0.25, 0.3) is 0 Å². The van der Waals surface area contributed by atoms with Crippen molar-refractivity contribution in [2.75, 3.05) is 13.2 Å². The van der Waals surface area contributed by atoms with E-state index in [1.165, 1.54) is 38.2 Å². The lowest BCUT2D eigenvalue weighted by Crippen LogP contribution is -2.43. The maximum atomic E-state index is 5.74. The van der Waals surface area contributed by atoms with Crippen LogP contribution in [0.4, 0.5) is 0 Å². The monoisotopic (exact) mass is 198 g/mol. The highest BCUT2D eigenvalue weighted by Gasteiger charge is 2.25. The molecule has 1 aliphatic rings. The minimum Gasteiger partial charge on any atom is -0.369 e. The fraction of sp³-hybridized carbons (Fsp3) is 0.917. The van der Waals surface area contributed by atoms with Crippen LogP contribution in [0.25, 0.3) is 0 Å². The highest BCUT2D eigenvalue weighted by Crippen LogP contribution is 2.23. The Morgan fingerprint density at radius 3 is 2.79 bits per heavy atom. The van der Waals surface area contributed by atoms with Gasteiger partial charge in [0, 0.05) is 12.6 Å². The number of ether oxygens (including phenoxy) is 1. The first kappa shape index (κ1) is 12.0. The lowest BCUT2D eigenvalue weighted by atomic mass is 9.98. The molecule has 1 heterocycles. The van der Waals surface area contributed by atoms with Crippen LogP contribution in [0.2, 0.25) is 0 Å². The largest absolute Gasteiger partial charge is 0.369 e. The molecule has 2 nitrogen and oxygen atoms in total. The van der Waals surface area contributed by atoms with Crippen molar-refractivity contribution < 1.29 is 4.74 Å². The zero-order chi connectivity index (χ0) is 10.2. The van der Waals surface area contributed by atoms with Gasteiger partial charge in [0.05, 0.1) is 6.61 Å². The summed E-state index contributed by atoms with van der Waals surface area (Å²) >= 11 is 0. The molecule has 0 aromatic heterocycles. The lowest BCUT2D eigenvalue weighted by molar-refractivity contribution is 0.0693. The number of nitrogens with one attached hydrogen (secondary N) is 1. The molecular formula is C12H24NO. The molecule has 2 heteroatoms. The number of morpholine rings is 1. The second-order valence-electron chi connectivity index (χ2n) is 4.07. The van der Waals surface area contributed by atoms with Crippen LogP contribution in [0, 0.1) is 6.10 Å². The highest BCUT2D eigenvalue weighted by atomic mass is 16.5. The van der Waals surface area contributed by atoms with Crippen molar-refractivity contribution >= 4 is 0 Å². The van der Waals surface area contributed by atoms with Crippen LogP contribution >= 0.6 is 0 Å². The van der Waals surface area contributed by atoms with Gasteiger partial charge in [-0.05, 0) is 12.8 Å². The third kappa shape index (κ3) is 3.97. The van der Waals surface area contributed by atoms with Crippen LogP contribution in [-0.4, -0.2) is 19.2 Å². The number of unbranched alkanes of at least 4 members (excludes halogenated alkanes) is 2. The number of rotatable bonds is 6. The van der Waals surface area contributed by atoms with Crippen molar-refractivity contribution in [3.05, 3.63) is 6.10 Å². The normalized spacial score (nSPS) is 24.0. The van der Waals surface area contributed by atoms with E-state index < -0.39 is 0 Å². The fourth-order valence-electron chi connectivity index (χ4n) is 1.90. The molecule has 0 amide bonds. The summed E-state index contributed by atoms with van der Waals surface area (Å²) in [6.07, 6.45) is 8.81. The van der Waals surface area contributed by atoms with Gasteiger partial charge in [-0.2, -0.15) is 0 Å². The van der Waals surface area contributed by atoms with E-state index in [1.807, 2.05) is 0 Å². The van der Waals surface area contributed by atoms with Gasteiger partial charge in [0.1, 0.15) is 6.10 Å². The maximum absolute atomic E-state index is 5.74. The van der Waals surface area contributed by atoms with Crippen LogP contribution in [0.3, 0.4) is 0 Å². The summed E-state index contributed by atoms with van der Waals surface area (Å²) in [5.74, 6) is 0. The number of hydrogen-bond acceptors (Lipinski definition) is 2. The van der Waals surface area contributed by atoms with Crippen LogP contribution in [0.1, 0.15) is 52.4 Å². The molecule has 0 saturated carbocycles. The molecule has 0 aromatic rings. The minimum atomic E-state index is 0.537. The maximum Gasteiger partial charge on any atom is 0.114 e. The summed E-state index contributed by atoms with van der Waals surface area (Å²) in [6, 6.07) is 0.537. The molecular weight excluding hydrogens is 174 g/mol. The number of hydrogen-bond donors (Lipinski definition) is 1. The van der Waals surface area contributed by atoms with E-state index in [2.05, 4.69) is 19.2 Å². The molecule has 1 N–H and O–H groups in total. The van der Waals surface area contributed by atoms with Crippen LogP contribution in [-0.2, 0) is 4.74 Å². The van der Waals surface area contributed by atoms with Crippen molar-refractivity contribution in [1.29, 1.82) is 0 Å². The van der Waals surface area contributed by atoms with Crippen molar-refractivity contribution in [1.82, 2.24) is 5.32 Å². The molecule has 0 aromatic carbocycles.